The van der Waals surface area contributed by atoms with E-state index in [1.165, 1.54) is 6.92 Å². The van der Waals surface area contributed by atoms with Gasteiger partial charge < -0.3 is 9.47 Å². The van der Waals surface area contributed by atoms with Crippen molar-refractivity contribution >= 4 is 5.97 Å². The Morgan fingerprint density at radius 3 is 2.31 bits per heavy atom. The van der Waals surface area contributed by atoms with Crippen LogP contribution in [0.5, 0.6) is 0 Å². The molecule has 0 bridgehead atoms. The molecule has 0 saturated heterocycles. The highest BCUT2D eigenvalue weighted by molar-refractivity contribution is 5.93. The van der Waals surface area contributed by atoms with Crippen LogP contribution in [-0.2, 0) is 14.3 Å². The molecule has 0 radical (unpaired) electrons. The first-order valence-corrected chi connectivity index (χ1v) is 8.62. The normalized spacial score (nSPS) is 16.9. The Labute approximate surface area is 165 Å². The second-order valence-electron chi connectivity index (χ2n) is 6.30. The number of carbonyl (C=O) groups excluding carboxylic acids is 1. The zero-order valence-corrected chi connectivity index (χ0v) is 15.6. The zero-order chi connectivity index (χ0) is 21.2. The summed E-state index contributed by atoms with van der Waals surface area (Å²) in [7, 11) is 0.987. The Bertz CT molecular complexity index is 1050. The lowest BCUT2D eigenvalue weighted by molar-refractivity contribution is -0.143. The summed E-state index contributed by atoms with van der Waals surface area (Å²) in [5, 5.41) is 9.67. The van der Waals surface area contributed by atoms with E-state index >= 15 is 0 Å². The van der Waals surface area contributed by atoms with Crippen LogP contribution in [0.15, 0.2) is 77.3 Å². The first-order chi connectivity index (χ1) is 13.8. The molecule has 2 aromatic carbocycles. The summed E-state index contributed by atoms with van der Waals surface area (Å²) in [5.74, 6) is -4.16. The van der Waals surface area contributed by atoms with E-state index in [-0.39, 0.29) is 11.3 Å². The molecule has 1 atom stereocenters. The second-order valence-corrected chi connectivity index (χ2v) is 6.30. The third-order valence-electron chi connectivity index (χ3n) is 4.60. The molecule has 1 heterocycles. The summed E-state index contributed by atoms with van der Waals surface area (Å²) in [6.07, 6.45) is -4.94. The van der Waals surface area contributed by atoms with Crippen molar-refractivity contribution in [2.45, 2.75) is 19.0 Å². The van der Waals surface area contributed by atoms with E-state index in [0.29, 0.717) is 11.1 Å². The van der Waals surface area contributed by atoms with Gasteiger partial charge in [0.2, 0.25) is 5.76 Å². The van der Waals surface area contributed by atoms with Gasteiger partial charge in [-0.2, -0.15) is 18.4 Å². The number of hydrogen-bond donors (Lipinski definition) is 0. The lowest BCUT2D eigenvalue weighted by atomic mass is 9.79. The second kappa shape index (κ2) is 7.84. The Hall–Kier alpha value is -3.53. The van der Waals surface area contributed by atoms with E-state index in [9.17, 15) is 23.2 Å². The topological polar surface area (TPSA) is 59.3 Å². The zero-order valence-electron chi connectivity index (χ0n) is 15.6. The van der Waals surface area contributed by atoms with Crippen molar-refractivity contribution in [1.82, 2.24) is 0 Å². The number of halogens is 3. The van der Waals surface area contributed by atoms with Crippen molar-refractivity contribution in [3.05, 3.63) is 82.8 Å². The highest BCUT2D eigenvalue weighted by Gasteiger charge is 2.48. The molecule has 4 nitrogen and oxygen atoms in total. The molecular weight excluding hydrogens is 383 g/mol. The van der Waals surface area contributed by atoms with E-state index in [4.69, 9.17) is 4.74 Å². The van der Waals surface area contributed by atoms with E-state index in [0.717, 1.165) is 12.7 Å². The van der Waals surface area contributed by atoms with Crippen LogP contribution < -0.4 is 0 Å². The van der Waals surface area contributed by atoms with Crippen molar-refractivity contribution in [1.29, 1.82) is 5.26 Å². The van der Waals surface area contributed by atoms with Crippen LogP contribution in [0.2, 0.25) is 0 Å². The summed E-state index contributed by atoms with van der Waals surface area (Å²) >= 11 is 0. The Balaban J connectivity index is 2.35. The lowest BCUT2D eigenvalue weighted by Crippen LogP contribution is -2.29. The third-order valence-corrected chi connectivity index (χ3v) is 4.60. The number of methoxy groups -OCH3 is 1. The van der Waals surface area contributed by atoms with Crippen LogP contribution >= 0.6 is 0 Å². The van der Waals surface area contributed by atoms with Crippen molar-refractivity contribution in [3.63, 3.8) is 0 Å². The molecule has 0 N–H and O–H groups in total. The molecule has 0 amide bonds. The van der Waals surface area contributed by atoms with Crippen molar-refractivity contribution < 1.29 is 27.4 Å². The Kier molecular flexibility index (Phi) is 5.46. The van der Waals surface area contributed by atoms with Gasteiger partial charge in [-0.1, -0.05) is 54.6 Å². The number of hydrogen-bond acceptors (Lipinski definition) is 4. The standard InChI is InChI=1S/C22H16F3NO3/c1-13-17(12-26)18(19(21(27)28-2)20(29-13)22(23,24)25)16-11-7-6-10-15(16)14-8-4-3-5-9-14/h3-11,18H,1-2H3/t18-/m0/s1. The summed E-state index contributed by atoms with van der Waals surface area (Å²) in [6.45, 7) is 1.27. The van der Waals surface area contributed by atoms with Crippen LogP contribution in [0.1, 0.15) is 18.4 Å². The first-order valence-electron chi connectivity index (χ1n) is 8.62. The van der Waals surface area contributed by atoms with Gasteiger partial charge in [0.15, 0.2) is 0 Å². The molecule has 29 heavy (non-hydrogen) atoms. The fourth-order valence-electron chi connectivity index (χ4n) is 3.36. The summed E-state index contributed by atoms with van der Waals surface area (Å²) in [6, 6.07) is 17.6. The maximum atomic E-state index is 13.7. The number of alkyl halides is 3. The minimum Gasteiger partial charge on any atom is -0.466 e. The van der Waals surface area contributed by atoms with Gasteiger partial charge in [-0.3, -0.25) is 0 Å². The van der Waals surface area contributed by atoms with Crippen molar-refractivity contribution in [3.8, 4) is 17.2 Å². The average molecular weight is 399 g/mol. The van der Waals surface area contributed by atoms with E-state index in [1.807, 2.05) is 12.1 Å². The number of benzene rings is 2. The predicted molar refractivity (Wildman–Crippen MR) is 99.1 cm³/mol. The van der Waals surface area contributed by atoms with Gasteiger partial charge in [0, 0.05) is 0 Å². The number of esters is 1. The summed E-state index contributed by atoms with van der Waals surface area (Å²) in [5.41, 5.74) is 0.887. The third kappa shape index (κ3) is 3.74. The van der Waals surface area contributed by atoms with Crippen LogP contribution in [0.25, 0.3) is 11.1 Å². The number of nitrogens with zero attached hydrogens (tertiary/aromatic N) is 1. The number of nitriles is 1. The van der Waals surface area contributed by atoms with Crippen molar-refractivity contribution in [2.75, 3.05) is 7.11 Å². The fourth-order valence-corrected chi connectivity index (χ4v) is 3.36. The molecule has 1 aliphatic heterocycles. The van der Waals surface area contributed by atoms with Gasteiger partial charge in [-0.05, 0) is 23.6 Å². The predicted octanol–water partition coefficient (Wildman–Crippen LogP) is 5.25. The largest absolute Gasteiger partial charge is 0.466 e. The minimum absolute atomic E-state index is 0.0817. The molecule has 0 aromatic heterocycles. The van der Waals surface area contributed by atoms with Crippen LogP contribution in [-0.4, -0.2) is 19.3 Å². The van der Waals surface area contributed by atoms with Crippen LogP contribution in [0.3, 0.4) is 0 Å². The molecule has 0 spiro atoms. The molecular formula is C22H16F3NO3. The molecule has 0 saturated carbocycles. The van der Waals surface area contributed by atoms with Crippen LogP contribution in [0, 0.1) is 11.3 Å². The Morgan fingerprint density at radius 1 is 1.10 bits per heavy atom. The first kappa shape index (κ1) is 20.2. The number of rotatable bonds is 3. The molecule has 2 aromatic rings. The number of allylic oxidation sites excluding steroid dienone is 3. The highest BCUT2D eigenvalue weighted by Crippen LogP contribution is 2.47. The van der Waals surface area contributed by atoms with E-state index in [2.05, 4.69) is 4.74 Å². The van der Waals surface area contributed by atoms with Crippen molar-refractivity contribution in [2.24, 2.45) is 0 Å². The molecule has 0 unspecified atom stereocenters. The minimum atomic E-state index is -4.94. The van der Waals surface area contributed by atoms with E-state index in [1.54, 1.807) is 48.5 Å². The lowest BCUT2D eigenvalue weighted by Gasteiger charge is -2.30. The summed E-state index contributed by atoms with van der Waals surface area (Å²) < 4.78 is 50.7. The number of carbonyl (C=O) groups is 1. The quantitative estimate of drug-likeness (QED) is 0.661. The maximum Gasteiger partial charge on any atom is 0.450 e. The maximum absolute atomic E-state index is 13.7. The molecule has 3 rings (SSSR count). The molecule has 7 heteroatoms. The van der Waals surface area contributed by atoms with Gasteiger partial charge in [0.05, 0.1) is 30.2 Å². The van der Waals surface area contributed by atoms with E-state index < -0.39 is 29.4 Å². The number of ether oxygens (including phenoxy) is 2. The van der Waals surface area contributed by atoms with Gasteiger partial charge >= 0.3 is 12.1 Å². The molecule has 1 aliphatic rings. The Morgan fingerprint density at radius 2 is 1.72 bits per heavy atom. The van der Waals surface area contributed by atoms with Crippen LogP contribution in [0.4, 0.5) is 13.2 Å². The molecule has 0 aliphatic carbocycles. The van der Waals surface area contributed by atoms with Gasteiger partial charge in [0.1, 0.15) is 5.76 Å². The van der Waals surface area contributed by atoms with Gasteiger partial charge in [-0.15, -0.1) is 0 Å². The molecule has 0 fully saturated rings. The fraction of sp³-hybridized carbons (Fsp3) is 0.182. The summed E-state index contributed by atoms with van der Waals surface area (Å²) in [4.78, 5) is 12.4. The van der Waals surface area contributed by atoms with Gasteiger partial charge in [0.25, 0.3) is 0 Å². The SMILES string of the molecule is COC(=O)C1=C(C(F)(F)F)OC(C)=C(C#N)[C@@H]1c1ccccc1-c1ccccc1. The average Bonchev–Trinajstić information content (AvgIpc) is 2.72. The monoisotopic (exact) mass is 399 g/mol. The highest BCUT2D eigenvalue weighted by atomic mass is 19.4. The smallest absolute Gasteiger partial charge is 0.450 e. The van der Waals surface area contributed by atoms with Gasteiger partial charge in [-0.25, -0.2) is 4.79 Å². The molecule has 148 valence electrons.